The number of rotatable bonds is 3. The number of esters is 1. The van der Waals surface area contributed by atoms with E-state index in [0.29, 0.717) is 0 Å². The third kappa shape index (κ3) is 2.64. The second-order valence-corrected chi connectivity index (χ2v) is 4.98. The molecule has 1 heterocycles. The Kier molecular flexibility index (Phi) is 3.74. The van der Waals surface area contributed by atoms with E-state index in [4.69, 9.17) is 10.5 Å². The molecule has 6 nitrogen and oxygen atoms in total. The van der Waals surface area contributed by atoms with E-state index in [1.54, 1.807) is 13.8 Å². The third-order valence-electron chi connectivity index (χ3n) is 2.83. The van der Waals surface area contributed by atoms with E-state index >= 15 is 0 Å². The van der Waals surface area contributed by atoms with Crippen LogP contribution in [0.1, 0.15) is 35.5 Å². The lowest BCUT2D eigenvalue weighted by Gasteiger charge is -2.09. The number of anilines is 1. The predicted octanol–water partition coefficient (Wildman–Crippen LogP) is 2.03. The molecule has 20 heavy (non-hydrogen) atoms. The van der Waals surface area contributed by atoms with Gasteiger partial charge in [-0.15, -0.1) is 5.10 Å². The first-order valence-corrected chi connectivity index (χ1v) is 6.40. The van der Waals surface area contributed by atoms with Crippen LogP contribution in [0.25, 0.3) is 5.69 Å². The number of nitrogen functional groups attached to an aromatic ring is 1. The maximum atomic E-state index is 11.9. The van der Waals surface area contributed by atoms with E-state index in [1.165, 1.54) is 4.68 Å². The van der Waals surface area contributed by atoms with E-state index in [2.05, 4.69) is 10.3 Å². The van der Waals surface area contributed by atoms with Crippen molar-refractivity contribution in [2.75, 3.05) is 5.73 Å². The summed E-state index contributed by atoms with van der Waals surface area (Å²) >= 11 is 0. The second kappa shape index (κ2) is 5.32. The fourth-order valence-corrected chi connectivity index (χ4v) is 1.83. The Labute approximate surface area is 117 Å². The van der Waals surface area contributed by atoms with Crippen LogP contribution in [0.3, 0.4) is 0 Å². The second-order valence-electron chi connectivity index (χ2n) is 4.98. The van der Waals surface area contributed by atoms with E-state index in [9.17, 15) is 4.79 Å². The molecule has 0 bridgehead atoms. The summed E-state index contributed by atoms with van der Waals surface area (Å²) in [5.41, 5.74) is 8.89. The lowest BCUT2D eigenvalue weighted by Crippen LogP contribution is -2.14. The number of hydrogen-bond acceptors (Lipinski definition) is 5. The average molecular weight is 274 g/mol. The molecule has 0 saturated heterocycles. The smallest absolute Gasteiger partial charge is 0.363 e. The van der Waals surface area contributed by atoms with Crippen LogP contribution in [0.2, 0.25) is 0 Å². The first-order chi connectivity index (χ1) is 9.40. The molecule has 2 N–H and O–H groups in total. The zero-order chi connectivity index (χ0) is 14.9. The Morgan fingerprint density at radius 2 is 2.05 bits per heavy atom. The molecule has 0 amide bonds. The summed E-state index contributed by atoms with van der Waals surface area (Å²) in [4.78, 5) is 11.9. The van der Waals surface area contributed by atoms with Crippen molar-refractivity contribution in [1.82, 2.24) is 15.0 Å². The van der Waals surface area contributed by atoms with Crippen LogP contribution in [0, 0.1) is 13.8 Å². The van der Waals surface area contributed by atoms with Gasteiger partial charge in [0.05, 0.1) is 11.8 Å². The summed E-state index contributed by atoms with van der Waals surface area (Å²) in [6.07, 6.45) is -0.229. The van der Waals surface area contributed by atoms with Gasteiger partial charge in [-0.25, -0.2) is 4.79 Å². The van der Waals surface area contributed by atoms with Crippen molar-refractivity contribution in [2.24, 2.45) is 0 Å². The molecular formula is C14H18N4O2. The maximum Gasteiger partial charge on any atom is 0.363 e. The summed E-state index contributed by atoms with van der Waals surface area (Å²) in [5.74, 6) is -0.376. The van der Waals surface area contributed by atoms with E-state index in [0.717, 1.165) is 16.8 Å². The molecule has 0 fully saturated rings. The van der Waals surface area contributed by atoms with E-state index in [1.807, 2.05) is 32.0 Å². The SMILES string of the molecule is Cc1ccc(C)c(-n2nnc(C(=O)OC(C)C)c2N)c1. The van der Waals surface area contributed by atoms with Crippen LogP contribution in [-0.2, 0) is 4.74 Å². The molecule has 0 aliphatic carbocycles. The van der Waals surface area contributed by atoms with Gasteiger partial charge in [0.1, 0.15) is 0 Å². The molecule has 0 unspecified atom stereocenters. The van der Waals surface area contributed by atoms with Crippen LogP contribution in [0.15, 0.2) is 18.2 Å². The number of carbonyl (C=O) groups excluding carboxylic acids is 1. The quantitative estimate of drug-likeness (QED) is 0.866. The standard InChI is InChI=1S/C14H18N4O2/c1-8(2)20-14(19)12-13(15)18(17-16-12)11-7-9(3)5-6-10(11)4/h5-8H,15H2,1-4H3. The highest BCUT2D eigenvalue weighted by molar-refractivity contribution is 5.92. The van der Waals surface area contributed by atoms with Crippen LogP contribution in [-0.4, -0.2) is 27.1 Å². The van der Waals surface area contributed by atoms with Gasteiger partial charge in [0, 0.05) is 0 Å². The van der Waals surface area contributed by atoms with Gasteiger partial charge < -0.3 is 10.5 Å². The normalized spacial score (nSPS) is 10.8. The highest BCUT2D eigenvalue weighted by atomic mass is 16.5. The number of benzene rings is 1. The number of nitrogens with two attached hydrogens (primary N) is 1. The number of nitrogens with zero attached hydrogens (tertiary/aromatic N) is 3. The van der Waals surface area contributed by atoms with Gasteiger partial charge in [-0.05, 0) is 44.9 Å². The topological polar surface area (TPSA) is 83.0 Å². The molecule has 0 aliphatic rings. The fourth-order valence-electron chi connectivity index (χ4n) is 1.83. The Morgan fingerprint density at radius 3 is 2.70 bits per heavy atom. The first kappa shape index (κ1) is 14.0. The summed E-state index contributed by atoms with van der Waals surface area (Å²) in [7, 11) is 0. The molecule has 0 spiro atoms. The maximum absolute atomic E-state index is 11.9. The van der Waals surface area contributed by atoms with Gasteiger partial charge in [-0.1, -0.05) is 17.3 Å². The Hall–Kier alpha value is -2.37. The van der Waals surface area contributed by atoms with Gasteiger partial charge in [-0.3, -0.25) is 0 Å². The van der Waals surface area contributed by atoms with Gasteiger partial charge in [0.15, 0.2) is 5.82 Å². The minimum atomic E-state index is -0.561. The number of ether oxygens (including phenoxy) is 1. The molecule has 106 valence electrons. The largest absolute Gasteiger partial charge is 0.458 e. The third-order valence-corrected chi connectivity index (χ3v) is 2.83. The molecule has 0 aliphatic heterocycles. The monoisotopic (exact) mass is 274 g/mol. The van der Waals surface area contributed by atoms with Crippen LogP contribution < -0.4 is 5.73 Å². The predicted molar refractivity (Wildman–Crippen MR) is 75.8 cm³/mol. The molecular weight excluding hydrogens is 256 g/mol. The zero-order valence-corrected chi connectivity index (χ0v) is 12.0. The molecule has 2 rings (SSSR count). The van der Waals surface area contributed by atoms with E-state index in [-0.39, 0.29) is 17.6 Å². The first-order valence-electron chi connectivity index (χ1n) is 6.40. The Bertz CT molecular complexity index is 647. The number of carbonyl (C=O) groups is 1. The number of aromatic nitrogens is 3. The Balaban J connectivity index is 2.43. The molecule has 0 saturated carbocycles. The van der Waals surface area contributed by atoms with Gasteiger partial charge in [-0.2, -0.15) is 4.68 Å². The summed E-state index contributed by atoms with van der Waals surface area (Å²) in [6.45, 7) is 7.46. The van der Waals surface area contributed by atoms with Crippen molar-refractivity contribution >= 4 is 11.8 Å². The molecule has 6 heteroatoms. The number of hydrogen-bond donors (Lipinski definition) is 1. The molecule has 0 radical (unpaired) electrons. The van der Waals surface area contributed by atoms with E-state index < -0.39 is 5.97 Å². The van der Waals surface area contributed by atoms with Crippen molar-refractivity contribution in [1.29, 1.82) is 0 Å². The van der Waals surface area contributed by atoms with Gasteiger partial charge >= 0.3 is 5.97 Å². The fraction of sp³-hybridized carbons (Fsp3) is 0.357. The highest BCUT2D eigenvalue weighted by Gasteiger charge is 2.21. The molecule has 1 aromatic heterocycles. The van der Waals surface area contributed by atoms with Crippen molar-refractivity contribution in [3.63, 3.8) is 0 Å². The molecule has 2 aromatic rings. The summed E-state index contributed by atoms with van der Waals surface area (Å²) < 4.78 is 6.54. The number of aryl methyl sites for hydroxylation is 2. The molecule has 0 atom stereocenters. The zero-order valence-electron chi connectivity index (χ0n) is 12.0. The lowest BCUT2D eigenvalue weighted by atomic mass is 10.1. The van der Waals surface area contributed by atoms with Crippen LogP contribution >= 0.6 is 0 Å². The lowest BCUT2D eigenvalue weighted by molar-refractivity contribution is 0.0372. The summed E-state index contributed by atoms with van der Waals surface area (Å²) in [5, 5.41) is 7.79. The Morgan fingerprint density at radius 1 is 1.35 bits per heavy atom. The van der Waals surface area contributed by atoms with Gasteiger partial charge in [0.25, 0.3) is 0 Å². The minimum absolute atomic E-state index is 0.0413. The van der Waals surface area contributed by atoms with Gasteiger partial charge in [0.2, 0.25) is 5.69 Å². The average Bonchev–Trinajstić information content (AvgIpc) is 2.73. The molecule has 1 aromatic carbocycles. The van der Waals surface area contributed by atoms with Crippen molar-refractivity contribution in [3.8, 4) is 5.69 Å². The van der Waals surface area contributed by atoms with Crippen molar-refractivity contribution in [3.05, 3.63) is 35.0 Å². The summed E-state index contributed by atoms with van der Waals surface area (Å²) in [6, 6.07) is 5.91. The minimum Gasteiger partial charge on any atom is -0.458 e. The van der Waals surface area contributed by atoms with Crippen molar-refractivity contribution < 1.29 is 9.53 Å². The van der Waals surface area contributed by atoms with Crippen LogP contribution in [0.4, 0.5) is 5.82 Å². The van der Waals surface area contributed by atoms with Crippen LogP contribution in [0.5, 0.6) is 0 Å². The highest BCUT2D eigenvalue weighted by Crippen LogP contribution is 2.20. The van der Waals surface area contributed by atoms with Crippen molar-refractivity contribution in [2.45, 2.75) is 33.8 Å².